The van der Waals surface area contributed by atoms with Crippen LogP contribution in [0.1, 0.15) is 59.2 Å². The Morgan fingerprint density at radius 1 is 0.606 bits per heavy atom. The third kappa shape index (κ3) is 3.22. The molecule has 0 fully saturated rings. The molecule has 0 saturated heterocycles. The van der Waals surface area contributed by atoms with Crippen LogP contribution in [0.15, 0.2) is 91.0 Å². The molecule has 5 nitrogen and oxygen atoms in total. The summed E-state index contributed by atoms with van der Waals surface area (Å²) in [5.74, 6) is -1.69. The van der Waals surface area contributed by atoms with Crippen LogP contribution in [0.5, 0.6) is 0 Å². The fourth-order valence-corrected chi connectivity index (χ4v) is 4.47. The molecular weight excluding hydrogens is 412 g/mol. The Balaban J connectivity index is 1.70. The van der Waals surface area contributed by atoms with Crippen LogP contribution in [0.3, 0.4) is 0 Å². The van der Waals surface area contributed by atoms with Gasteiger partial charge in [-0.3, -0.25) is 14.4 Å². The first kappa shape index (κ1) is 20.4. The van der Waals surface area contributed by atoms with E-state index in [1.165, 1.54) is 12.1 Å². The molecule has 4 aromatic rings. The average Bonchev–Trinajstić information content (AvgIpc) is 2.85. The molecule has 4 aromatic carbocycles. The molecule has 0 radical (unpaired) electrons. The van der Waals surface area contributed by atoms with Crippen LogP contribution in [0.4, 0.5) is 11.4 Å². The second kappa shape index (κ2) is 7.88. The van der Waals surface area contributed by atoms with Gasteiger partial charge in [0.15, 0.2) is 17.3 Å². The van der Waals surface area contributed by atoms with Crippen LogP contribution in [0.25, 0.3) is 0 Å². The van der Waals surface area contributed by atoms with Crippen molar-refractivity contribution in [1.82, 2.24) is 0 Å². The van der Waals surface area contributed by atoms with E-state index in [9.17, 15) is 14.4 Å². The van der Waals surface area contributed by atoms with Crippen molar-refractivity contribution in [3.63, 3.8) is 0 Å². The maximum Gasteiger partial charge on any atom is 0.196 e. The van der Waals surface area contributed by atoms with Gasteiger partial charge in [0.2, 0.25) is 0 Å². The van der Waals surface area contributed by atoms with Crippen molar-refractivity contribution in [3.8, 4) is 0 Å². The summed E-state index contributed by atoms with van der Waals surface area (Å²) in [5, 5.41) is 0. The second-order valence-corrected chi connectivity index (χ2v) is 8.00. The van der Waals surface area contributed by atoms with E-state index in [-0.39, 0.29) is 45.0 Å². The van der Waals surface area contributed by atoms with Gasteiger partial charge in [-0.1, -0.05) is 78.9 Å². The molecule has 0 unspecified atom stereocenters. The highest BCUT2D eigenvalue weighted by Gasteiger charge is 2.36. The van der Waals surface area contributed by atoms with E-state index < -0.39 is 17.5 Å². The molecular formula is C28H20N2O3. The molecule has 1 aliphatic rings. The first-order valence-electron chi connectivity index (χ1n) is 10.5. The Bertz CT molecular complexity index is 1390. The maximum atomic E-state index is 14.0. The Morgan fingerprint density at radius 2 is 1.15 bits per heavy atom. The smallest absolute Gasteiger partial charge is 0.196 e. The van der Waals surface area contributed by atoms with E-state index in [1.54, 1.807) is 18.2 Å². The number of hydrogen-bond donors (Lipinski definition) is 2. The molecule has 33 heavy (non-hydrogen) atoms. The quantitative estimate of drug-likeness (QED) is 0.318. The molecule has 1 aliphatic carbocycles. The van der Waals surface area contributed by atoms with Gasteiger partial charge in [0.05, 0.1) is 22.9 Å². The van der Waals surface area contributed by atoms with E-state index in [4.69, 9.17) is 11.5 Å². The average molecular weight is 432 g/mol. The van der Waals surface area contributed by atoms with Crippen LogP contribution in [-0.4, -0.2) is 17.3 Å². The SMILES string of the molecule is Nc1ccc2c(c1N)C(=O)c1cccc(C(=O)C(c3ccccc3)c3ccccc3)c1C2=O. The minimum absolute atomic E-state index is 0.0830. The topological polar surface area (TPSA) is 103 Å². The van der Waals surface area contributed by atoms with Gasteiger partial charge in [-0.05, 0) is 23.3 Å². The van der Waals surface area contributed by atoms with Crippen molar-refractivity contribution in [2.75, 3.05) is 11.5 Å². The van der Waals surface area contributed by atoms with Crippen molar-refractivity contribution in [1.29, 1.82) is 0 Å². The zero-order valence-corrected chi connectivity index (χ0v) is 17.6. The number of fused-ring (bicyclic) bond motifs is 2. The van der Waals surface area contributed by atoms with Crippen molar-refractivity contribution < 1.29 is 14.4 Å². The number of anilines is 2. The first-order chi connectivity index (χ1) is 16.0. The molecule has 0 spiro atoms. The fraction of sp³-hybridized carbons (Fsp3) is 0.0357. The summed E-state index contributed by atoms with van der Waals surface area (Å²) in [4.78, 5) is 40.8. The highest BCUT2D eigenvalue weighted by Crippen LogP contribution is 2.37. The van der Waals surface area contributed by atoms with Crippen LogP contribution in [0, 0.1) is 0 Å². The number of nitrogen functional groups attached to an aromatic ring is 2. The highest BCUT2D eigenvalue weighted by molar-refractivity contribution is 6.33. The number of benzene rings is 4. The van der Waals surface area contributed by atoms with Crippen LogP contribution in [0.2, 0.25) is 0 Å². The zero-order valence-electron chi connectivity index (χ0n) is 17.6. The lowest BCUT2D eigenvalue weighted by Crippen LogP contribution is -2.27. The molecule has 4 N–H and O–H groups in total. The molecule has 0 aliphatic heterocycles. The summed E-state index contributed by atoms with van der Waals surface area (Å²) in [6.07, 6.45) is 0. The van der Waals surface area contributed by atoms with Gasteiger partial charge in [0.1, 0.15) is 0 Å². The number of carbonyl (C=O) groups is 3. The van der Waals surface area contributed by atoms with E-state index in [1.807, 2.05) is 60.7 Å². The molecule has 0 amide bonds. The number of rotatable bonds is 4. The Morgan fingerprint density at radius 3 is 1.76 bits per heavy atom. The lowest BCUT2D eigenvalue weighted by Gasteiger charge is -2.24. The normalized spacial score (nSPS) is 12.4. The minimum atomic E-state index is -0.625. The molecule has 5 rings (SSSR count). The lowest BCUT2D eigenvalue weighted by atomic mass is 9.77. The minimum Gasteiger partial charge on any atom is -0.397 e. The molecule has 0 atom stereocenters. The predicted molar refractivity (Wildman–Crippen MR) is 128 cm³/mol. The Hall–Kier alpha value is -4.51. The third-order valence-corrected chi connectivity index (χ3v) is 6.08. The van der Waals surface area contributed by atoms with E-state index in [0.717, 1.165) is 11.1 Å². The molecule has 5 heteroatoms. The standard InChI is InChI=1S/C28H20N2O3/c29-21-15-14-20-24(25(21)30)28(33)19-13-7-12-18(23(19)27(20)32)26(31)22(16-8-3-1-4-9-16)17-10-5-2-6-11-17/h1-15,22H,29-30H2. The third-order valence-electron chi connectivity index (χ3n) is 6.08. The van der Waals surface area contributed by atoms with Gasteiger partial charge in [0, 0.05) is 22.3 Å². The van der Waals surface area contributed by atoms with Crippen LogP contribution >= 0.6 is 0 Å². The molecule has 0 heterocycles. The second-order valence-electron chi connectivity index (χ2n) is 8.00. The molecule has 0 saturated carbocycles. The zero-order chi connectivity index (χ0) is 23.1. The summed E-state index contributed by atoms with van der Waals surface area (Å²) in [5.41, 5.74) is 14.6. The molecule has 160 valence electrons. The highest BCUT2D eigenvalue weighted by atomic mass is 16.1. The number of ketones is 3. The summed E-state index contributed by atoms with van der Waals surface area (Å²) in [6, 6.07) is 26.6. The van der Waals surface area contributed by atoms with E-state index in [0.29, 0.717) is 0 Å². The molecule has 0 bridgehead atoms. The van der Waals surface area contributed by atoms with Gasteiger partial charge in [-0.2, -0.15) is 0 Å². The fourth-order valence-electron chi connectivity index (χ4n) is 4.47. The van der Waals surface area contributed by atoms with Crippen molar-refractivity contribution >= 4 is 28.7 Å². The molecule has 0 aromatic heterocycles. The van der Waals surface area contributed by atoms with Gasteiger partial charge in [0.25, 0.3) is 0 Å². The van der Waals surface area contributed by atoms with Gasteiger partial charge in [-0.15, -0.1) is 0 Å². The first-order valence-corrected chi connectivity index (χ1v) is 10.5. The Kier molecular flexibility index (Phi) is 4.87. The van der Waals surface area contributed by atoms with Crippen molar-refractivity contribution in [2.45, 2.75) is 5.92 Å². The largest absolute Gasteiger partial charge is 0.397 e. The number of carbonyl (C=O) groups excluding carboxylic acids is 3. The van der Waals surface area contributed by atoms with E-state index >= 15 is 0 Å². The summed E-state index contributed by atoms with van der Waals surface area (Å²) in [7, 11) is 0. The maximum absolute atomic E-state index is 14.0. The van der Waals surface area contributed by atoms with Crippen LogP contribution < -0.4 is 11.5 Å². The predicted octanol–water partition coefficient (Wildman–Crippen LogP) is 4.64. The number of nitrogens with two attached hydrogens (primary N) is 2. The van der Waals surface area contributed by atoms with Crippen molar-refractivity contribution in [3.05, 3.63) is 130 Å². The van der Waals surface area contributed by atoms with Gasteiger partial charge in [-0.25, -0.2) is 0 Å². The summed E-state index contributed by atoms with van der Waals surface area (Å²) in [6.45, 7) is 0. The Labute approximate surface area is 190 Å². The number of hydrogen-bond acceptors (Lipinski definition) is 5. The monoisotopic (exact) mass is 432 g/mol. The van der Waals surface area contributed by atoms with Gasteiger partial charge < -0.3 is 11.5 Å². The van der Waals surface area contributed by atoms with Crippen molar-refractivity contribution in [2.24, 2.45) is 0 Å². The van der Waals surface area contributed by atoms with E-state index in [2.05, 4.69) is 0 Å². The van der Waals surface area contributed by atoms with Gasteiger partial charge >= 0.3 is 0 Å². The lowest BCUT2D eigenvalue weighted by molar-refractivity contribution is 0.0951. The summed E-state index contributed by atoms with van der Waals surface area (Å²) >= 11 is 0. The number of Topliss-reactive ketones (excluding diaryl/α,β-unsaturated/α-hetero) is 1. The van der Waals surface area contributed by atoms with Crippen LogP contribution in [-0.2, 0) is 0 Å². The summed E-state index contributed by atoms with van der Waals surface area (Å²) < 4.78 is 0.